The Labute approximate surface area is 169 Å². The molecule has 5 nitrogen and oxygen atoms in total. The molecule has 0 fully saturated rings. The van der Waals surface area contributed by atoms with E-state index in [1.54, 1.807) is 4.90 Å². The summed E-state index contributed by atoms with van der Waals surface area (Å²) in [7, 11) is 0. The van der Waals surface area contributed by atoms with Gasteiger partial charge >= 0.3 is 0 Å². The second-order valence-corrected chi connectivity index (χ2v) is 8.17. The van der Waals surface area contributed by atoms with Gasteiger partial charge in [-0.05, 0) is 42.2 Å². The van der Waals surface area contributed by atoms with Gasteiger partial charge in [0.05, 0.1) is 5.69 Å². The number of carbonyl (C=O) groups is 2. The minimum absolute atomic E-state index is 0.0109. The van der Waals surface area contributed by atoms with E-state index in [1.807, 2.05) is 54.8 Å². The lowest BCUT2D eigenvalue weighted by Gasteiger charge is -2.23. The van der Waals surface area contributed by atoms with Gasteiger partial charge in [0.2, 0.25) is 5.91 Å². The van der Waals surface area contributed by atoms with Crippen molar-refractivity contribution in [2.75, 3.05) is 18.4 Å². The molecule has 0 saturated carbocycles. The number of aryl methyl sites for hydroxylation is 1. The lowest BCUT2D eigenvalue weighted by atomic mass is 10.1. The summed E-state index contributed by atoms with van der Waals surface area (Å²) in [6.45, 7) is 6.64. The van der Waals surface area contributed by atoms with Crippen molar-refractivity contribution < 1.29 is 9.59 Å². The van der Waals surface area contributed by atoms with Crippen LogP contribution in [0.1, 0.15) is 36.3 Å². The minimum Gasteiger partial charge on any atom is -0.329 e. The summed E-state index contributed by atoms with van der Waals surface area (Å²) >= 11 is 1.38. The monoisotopic (exact) mass is 395 g/mol. The number of nitrogens with one attached hydrogen (secondary N) is 1. The molecule has 0 spiro atoms. The molecule has 0 saturated heterocycles. The zero-order valence-corrected chi connectivity index (χ0v) is 17.3. The third-order valence-corrected chi connectivity index (χ3v) is 5.34. The van der Waals surface area contributed by atoms with Crippen molar-refractivity contribution in [1.29, 1.82) is 0 Å². The van der Waals surface area contributed by atoms with Gasteiger partial charge in [0.25, 0.3) is 5.91 Å². The van der Waals surface area contributed by atoms with Gasteiger partial charge in [0.1, 0.15) is 6.54 Å². The van der Waals surface area contributed by atoms with E-state index in [1.165, 1.54) is 11.3 Å². The second-order valence-electron chi connectivity index (χ2n) is 7.31. The summed E-state index contributed by atoms with van der Waals surface area (Å²) in [5.74, 6) is 0.0840. The SMILES string of the molecule is Cc1csc(NC(=O)CN(CCC(C)C)C(=O)c2ccc3ccccc3c2)n1. The largest absolute Gasteiger partial charge is 0.329 e. The summed E-state index contributed by atoms with van der Waals surface area (Å²) in [6, 6.07) is 13.6. The highest BCUT2D eigenvalue weighted by Gasteiger charge is 2.20. The molecule has 2 amide bonds. The third-order valence-electron chi connectivity index (χ3n) is 4.46. The standard InChI is InChI=1S/C22H25N3O2S/c1-15(2)10-11-25(13-20(26)24-22-23-16(3)14-28-22)21(27)19-9-8-17-6-4-5-7-18(17)12-19/h4-9,12,14-15H,10-11,13H2,1-3H3,(H,23,24,26). The van der Waals surface area contributed by atoms with Crippen LogP contribution in [-0.4, -0.2) is 34.8 Å². The molecule has 3 aromatic rings. The molecule has 0 aliphatic carbocycles. The summed E-state index contributed by atoms with van der Waals surface area (Å²) in [5, 5.41) is 7.33. The minimum atomic E-state index is -0.229. The zero-order valence-electron chi connectivity index (χ0n) is 16.4. The van der Waals surface area contributed by atoms with E-state index in [9.17, 15) is 9.59 Å². The average molecular weight is 396 g/mol. The third kappa shape index (κ3) is 5.16. The molecule has 6 heteroatoms. The number of rotatable bonds is 7. The number of fused-ring (bicyclic) bond motifs is 1. The Morgan fingerprint density at radius 1 is 1.14 bits per heavy atom. The predicted octanol–water partition coefficient (Wildman–Crippen LogP) is 4.73. The normalized spacial score (nSPS) is 11.0. The van der Waals surface area contributed by atoms with Gasteiger partial charge in [0.15, 0.2) is 5.13 Å². The number of aromatic nitrogens is 1. The topological polar surface area (TPSA) is 62.3 Å². The molecule has 0 radical (unpaired) electrons. The first-order chi connectivity index (χ1) is 13.4. The Kier molecular flexibility index (Phi) is 6.41. The van der Waals surface area contributed by atoms with E-state index in [0.717, 1.165) is 22.9 Å². The van der Waals surface area contributed by atoms with Crippen LogP contribution in [0.3, 0.4) is 0 Å². The summed E-state index contributed by atoms with van der Waals surface area (Å²) < 4.78 is 0. The Balaban J connectivity index is 1.76. The molecule has 1 N–H and O–H groups in total. The van der Waals surface area contributed by atoms with Crippen molar-refractivity contribution in [3.05, 3.63) is 59.1 Å². The van der Waals surface area contributed by atoms with Gasteiger partial charge in [-0.15, -0.1) is 11.3 Å². The highest BCUT2D eigenvalue weighted by molar-refractivity contribution is 7.13. The summed E-state index contributed by atoms with van der Waals surface area (Å²) in [6.07, 6.45) is 0.836. The molecule has 0 aliphatic heterocycles. The fraction of sp³-hybridized carbons (Fsp3) is 0.318. The number of anilines is 1. The van der Waals surface area contributed by atoms with E-state index in [2.05, 4.69) is 24.1 Å². The Hall–Kier alpha value is -2.73. The van der Waals surface area contributed by atoms with Crippen LogP contribution in [0.5, 0.6) is 0 Å². The van der Waals surface area contributed by atoms with E-state index >= 15 is 0 Å². The molecular formula is C22H25N3O2S. The highest BCUT2D eigenvalue weighted by atomic mass is 32.1. The highest BCUT2D eigenvalue weighted by Crippen LogP contribution is 2.18. The van der Waals surface area contributed by atoms with Crippen LogP contribution < -0.4 is 5.32 Å². The first-order valence-electron chi connectivity index (χ1n) is 9.42. The Bertz CT molecular complexity index is 981. The van der Waals surface area contributed by atoms with E-state index in [4.69, 9.17) is 0 Å². The van der Waals surface area contributed by atoms with Gasteiger partial charge in [-0.1, -0.05) is 44.2 Å². The molecule has 0 unspecified atom stereocenters. The molecule has 0 aliphatic rings. The van der Waals surface area contributed by atoms with Gasteiger partial charge in [-0.2, -0.15) is 0 Å². The van der Waals surface area contributed by atoms with Crippen molar-refractivity contribution in [1.82, 2.24) is 9.88 Å². The fourth-order valence-corrected chi connectivity index (χ4v) is 3.62. The number of hydrogen-bond acceptors (Lipinski definition) is 4. The van der Waals surface area contributed by atoms with Crippen molar-refractivity contribution >= 4 is 39.1 Å². The van der Waals surface area contributed by atoms with Crippen LogP contribution in [0.15, 0.2) is 47.8 Å². The number of nitrogens with zero attached hydrogens (tertiary/aromatic N) is 2. The van der Waals surface area contributed by atoms with Crippen LogP contribution in [0.25, 0.3) is 10.8 Å². The van der Waals surface area contributed by atoms with Gasteiger partial charge in [0, 0.05) is 17.5 Å². The second kappa shape index (κ2) is 8.97. The number of thiazole rings is 1. The number of hydrogen-bond donors (Lipinski definition) is 1. The molecular weight excluding hydrogens is 370 g/mol. The lowest BCUT2D eigenvalue weighted by molar-refractivity contribution is -0.116. The number of carbonyl (C=O) groups excluding carboxylic acids is 2. The van der Waals surface area contributed by atoms with Gasteiger partial charge in [-0.3, -0.25) is 9.59 Å². The first kappa shape index (κ1) is 20.0. The van der Waals surface area contributed by atoms with Crippen LogP contribution >= 0.6 is 11.3 Å². The quantitative estimate of drug-likeness (QED) is 0.629. The van der Waals surface area contributed by atoms with Crippen molar-refractivity contribution in [2.24, 2.45) is 5.92 Å². The zero-order chi connectivity index (χ0) is 20.1. The van der Waals surface area contributed by atoms with Crippen molar-refractivity contribution in [2.45, 2.75) is 27.2 Å². The Morgan fingerprint density at radius 3 is 2.57 bits per heavy atom. The smallest absolute Gasteiger partial charge is 0.254 e. The molecule has 1 aromatic heterocycles. The lowest BCUT2D eigenvalue weighted by Crippen LogP contribution is -2.39. The van der Waals surface area contributed by atoms with Crippen LogP contribution in [0.2, 0.25) is 0 Å². The average Bonchev–Trinajstić information content (AvgIpc) is 3.08. The first-order valence-corrected chi connectivity index (χ1v) is 10.3. The number of amides is 2. The van der Waals surface area contributed by atoms with E-state index in [0.29, 0.717) is 23.2 Å². The Morgan fingerprint density at radius 2 is 1.89 bits per heavy atom. The van der Waals surface area contributed by atoms with Crippen molar-refractivity contribution in [3.8, 4) is 0 Å². The van der Waals surface area contributed by atoms with Gasteiger partial charge < -0.3 is 10.2 Å². The van der Waals surface area contributed by atoms with Crippen LogP contribution in [-0.2, 0) is 4.79 Å². The van der Waals surface area contributed by atoms with Crippen LogP contribution in [0.4, 0.5) is 5.13 Å². The van der Waals surface area contributed by atoms with E-state index in [-0.39, 0.29) is 18.4 Å². The predicted molar refractivity (Wildman–Crippen MR) is 115 cm³/mol. The molecule has 2 aromatic carbocycles. The molecule has 0 bridgehead atoms. The summed E-state index contributed by atoms with van der Waals surface area (Å²) in [4.78, 5) is 31.5. The maximum absolute atomic E-state index is 13.1. The fourth-order valence-electron chi connectivity index (χ4n) is 2.91. The molecule has 0 atom stereocenters. The van der Waals surface area contributed by atoms with Gasteiger partial charge in [-0.25, -0.2) is 4.98 Å². The molecule has 3 rings (SSSR count). The summed E-state index contributed by atoms with van der Waals surface area (Å²) in [5.41, 5.74) is 1.46. The maximum atomic E-state index is 13.1. The molecule has 146 valence electrons. The maximum Gasteiger partial charge on any atom is 0.254 e. The molecule has 1 heterocycles. The molecule has 28 heavy (non-hydrogen) atoms. The van der Waals surface area contributed by atoms with Crippen LogP contribution in [0, 0.1) is 12.8 Å². The van der Waals surface area contributed by atoms with Crippen molar-refractivity contribution in [3.63, 3.8) is 0 Å². The number of benzene rings is 2. The van der Waals surface area contributed by atoms with E-state index < -0.39 is 0 Å².